The van der Waals surface area contributed by atoms with Gasteiger partial charge in [0.2, 0.25) is 0 Å². The van der Waals surface area contributed by atoms with Crippen LogP contribution in [0.2, 0.25) is 0 Å². The van der Waals surface area contributed by atoms with Gasteiger partial charge in [0.15, 0.2) is 0 Å². The molecule has 2 aliphatic carbocycles. The van der Waals surface area contributed by atoms with Crippen molar-refractivity contribution in [3.63, 3.8) is 0 Å². The second-order valence-electron chi connectivity index (χ2n) is 7.45. The first kappa shape index (κ1) is 20.3. The van der Waals surface area contributed by atoms with E-state index in [-0.39, 0.29) is 43.7 Å². The van der Waals surface area contributed by atoms with Crippen molar-refractivity contribution in [3.05, 3.63) is 41.5 Å². The van der Waals surface area contributed by atoms with Crippen LogP contribution in [0, 0.1) is 5.92 Å². The molecule has 1 aromatic carbocycles. The smallest absolute Gasteiger partial charge is 0.429 e. The van der Waals surface area contributed by atoms with Crippen LogP contribution in [0.25, 0.3) is 5.57 Å². The van der Waals surface area contributed by atoms with E-state index < -0.39 is 18.2 Å². The maximum absolute atomic E-state index is 12.8. The fourth-order valence-corrected chi connectivity index (χ4v) is 5.19. The summed E-state index contributed by atoms with van der Waals surface area (Å²) < 4.78 is 15.6. The van der Waals surface area contributed by atoms with Crippen molar-refractivity contribution < 1.29 is 28.6 Å². The van der Waals surface area contributed by atoms with Crippen LogP contribution < -0.4 is 0 Å². The Hall–Kier alpha value is -3.03. The van der Waals surface area contributed by atoms with Crippen LogP contribution in [-0.4, -0.2) is 60.1 Å². The van der Waals surface area contributed by atoms with Crippen LogP contribution in [0.15, 0.2) is 30.3 Å². The number of hydrogen-bond donors (Lipinski definition) is 0. The highest BCUT2D eigenvalue weighted by Gasteiger charge is 2.64. The van der Waals surface area contributed by atoms with Gasteiger partial charge >= 0.3 is 18.2 Å². The summed E-state index contributed by atoms with van der Waals surface area (Å²) >= 11 is 0. The first-order chi connectivity index (χ1) is 14.5. The summed E-state index contributed by atoms with van der Waals surface area (Å²) in [5.74, 6) is -0.551. The summed E-state index contributed by atoms with van der Waals surface area (Å²) in [6, 6.07) is 7.31. The number of ether oxygens (including phenoxy) is 3. The molecule has 3 aliphatic rings. The van der Waals surface area contributed by atoms with E-state index >= 15 is 0 Å². The predicted molar refractivity (Wildman–Crippen MR) is 107 cm³/mol. The number of carbonyl (C=O) groups is 3. The Bertz CT molecular complexity index is 897. The number of hydrogen-bond acceptors (Lipinski definition) is 6. The molecule has 1 saturated heterocycles. The quantitative estimate of drug-likeness (QED) is 0.427. The Morgan fingerprint density at radius 3 is 2.07 bits per heavy atom. The van der Waals surface area contributed by atoms with E-state index in [0.717, 1.165) is 16.7 Å². The molecular weight excluding hydrogens is 388 g/mol. The van der Waals surface area contributed by atoms with Crippen molar-refractivity contribution in [2.75, 3.05) is 19.8 Å². The summed E-state index contributed by atoms with van der Waals surface area (Å²) in [6.45, 7) is 5.91. The number of benzene rings is 1. The van der Waals surface area contributed by atoms with Gasteiger partial charge in [0.25, 0.3) is 0 Å². The third-order valence-corrected chi connectivity index (χ3v) is 6.02. The Kier molecular flexibility index (Phi) is 5.40. The number of hydrazine groups is 1. The zero-order valence-electron chi connectivity index (χ0n) is 17.4. The van der Waals surface area contributed by atoms with E-state index in [2.05, 4.69) is 0 Å². The topological polar surface area (TPSA) is 85.4 Å². The normalized spacial score (nSPS) is 27.1. The minimum Gasteiger partial charge on any atom is -0.463 e. The average Bonchev–Trinajstić information content (AvgIpc) is 3.37. The number of nitrogens with zero attached hydrogens (tertiary/aromatic N) is 2. The predicted octanol–water partition coefficient (Wildman–Crippen LogP) is 3.33. The van der Waals surface area contributed by atoms with Gasteiger partial charge in [-0.1, -0.05) is 24.3 Å². The molecule has 4 atom stereocenters. The van der Waals surface area contributed by atoms with E-state index in [4.69, 9.17) is 14.2 Å². The van der Waals surface area contributed by atoms with E-state index in [9.17, 15) is 14.4 Å². The molecule has 0 N–H and O–H groups in total. The molecule has 2 amide bonds. The first-order valence-corrected chi connectivity index (χ1v) is 10.4. The molecule has 0 spiro atoms. The van der Waals surface area contributed by atoms with Crippen molar-refractivity contribution in [2.24, 2.45) is 5.92 Å². The molecule has 4 rings (SSSR count). The van der Waals surface area contributed by atoms with Crippen molar-refractivity contribution >= 4 is 23.7 Å². The van der Waals surface area contributed by atoms with E-state index in [1.807, 2.05) is 24.3 Å². The van der Waals surface area contributed by atoms with Gasteiger partial charge in [0.1, 0.15) is 0 Å². The van der Waals surface area contributed by atoms with Crippen LogP contribution in [-0.2, 0) is 19.0 Å². The first-order valence-electron chi connectivity index (χ1n) is 10.4. The highest BCUT2D eigenvalue weighted by Crippen LogP contribution is 2.60. The molecule has 0 aromatic heterocycles. The molecule has 2 bridgehead atoms. The molecule has 30 heavy (non-hydrogen) atoms. The lowest BCUT2D eigenvalue weighted by Gasteiger charge is -2.42. The largest absolute Gasteiger partial charge is 0.463 e. The Labute approximate surface area is 175 Å². The third-order valence-electron chi connectivity index (χ3n) is 6.02. The van der Waals surface area contributed by atoms with Crippen molar-refractivity contribution in [2.45, 2.75) is 45.2 Å². The molecule has 1 saturated carbocycles. The number of carbonyl (C=O) groups excluding carboxylic acids is 3. The van der Waals surface area contributed by atoms with Crippen LogP contribution in [0.4, 0.5) is 9.59 Å². The average molecular weight is 414 g/mol. The van der Waals surface area contributed by atoms with Crippen molar-refractivity contribution in [1.82, 2.24) is 10.0 Å². The fourth-order valence-electron chi connectivity index (χ4n) is 5.19. The van der Waals surface area contributed by atoms with Crippen LogP contribution in [0.5, 0.6) is 0 Å². The van der Waals surface area contributed by atoms with Crippen LogP contribution in [0.3, 0.4) is 0 Å². The number of amides is 2. The molecule has 2 unspecified atom stereocenters. The maximum atomic E-state index is 12.8. The minimum atomic E-state index is -0.581. The highest BCUT2D eigenvalue weighted by atomic mass is 16.6. The molecule has 1 heterocycles. The van der Waals surface area contributed by atoms with Crippen LogP contribution >= 0.6 is 0 Å². The Balaban J connectivity index is 1.78. The lowest BCUT2D eigenvalue weighted by molar-refractivity contribution is -0.137. The molecule has 0 radical (unpaired) electrons. The molecule has 8 nitrogen and oxygen atoms in total. The number of esters is 1. The SMILES string of the molecule is CCOC(=O)/C=C1/c2ccccc2[C@@H]2C3CC([C@H]12)N(C(=O)OCC)N3C(=O)OCC. The van der Waals surface area contributed by atoms with Gasteiger partial charge in [-0.05, 0) is 43.9 Å². The van der Waals surface area contributed by atoms with Gasteiger partial charge in [-0.15, -0.1) is 0 Å². The zero-order valence-corrected chi connectivity index (χ0v) is 17.4. The van der Waals surface area contributed by atoms with Gasteiger partial charge in [-0.2, -0.15) is 0 Å². The fraction of sp³-hybridized carbons (Fsp3) is 0.500. The number of rotatable bonds is 4. The van der Waals surface area contributed by atoms with E-state index in [1.165, 1.54) is 16.1 Å². The van der Waals surface area contributed by atoms with Gasteiger partial charge in [-0.25, -0.2) is 24.4 Å². The third kappa shape index (κ3) is 3.02. The lowest BCUT2D eigenvalue weighted by atomic mass is 9.88. The summed E-state index contributed by atoms with van der Waals surface area (Å²) in [5.41, 5.74) is 2.88. The van der Waals surface area contributed by atoms with E-state index in [1.54, 1.807) is 20.8 Å². The zero-order chi connectivity index (χ0) is 21.4. The summed E-state index contributed by atoms with van der Waals surface area (Å²) in [7, 11) is 0. The molecule has 1 aliphatic heterocycles. The minimum absolute atomic E-state index is 0.0260. The highest BCUT2D eigenvalue weighted by molar-refractivity contribution is 5.95. The molecule has 8 heteroatoms. The monoisotopic (exact) mass is 414 g/mol. The second kappa shape index (κ2) is 8.01. The molecular formula is C22H26N2O6. The van der Waals surface area contributed by atoms with Crippen LogP contribution in [0.1, 0.15) is 44.2 Å². The Morgan fingerprint density at radius 1 is 0.900 bits per heavy atom. The summed E-state index contributed by atoms with van der Waals surface area (Å²) in [4.78, 5) is 37.8. The lowest BCUT2D eigenvalue weighted by Crippen LogP contribution is -2.57. The molecule has 160 valence electrons. The molecule has 2 fully saturated rings. The molecule has 1 aromatic rings. The van der Waals surface area contributed by atoms with E-state index in [0.29, 0.717) is 6.42 Å². The number of fused-ring (bicyclic) bond motifs is 7. The maximum Gasteiger partial charge on any atom is 0.429 e. The Morgan fingerprint density at radius 2 is 1.47 bits per heavy atom. The van der Waals surface area contributed by atoms with Crippen molar-refractivity contribution in [3.8, 4) is 0 Å². The summed E-state index contributed by atoms with van der Waals surface area (Å²) in [6.07, 6.45) is 0.993. The van der Waals surface area contributed by atoms with Gasteiger partial charge in [0.05, 0.1) is 31.9 Å². The standard InChI is InChI=1S/C22H26N2O6/c1-4-28-18(25)11-15-13-9-7-8-10-14(13)19-16-12-17(20(15)19)24(22(27)30-6-3)23(16)21(26)29-5-2/h7-11,16-17,19-20H,4-6,12H2,1-3H3/b15-11-/t16?,17?,19-,20+/m1/s1. The van der Waals surface area contributed by atoms with Gasteiger partial charge < -0.3 is 14.2 Å². The van der Waals surface area contributed by atoms with Gasteiger partial charge in [0, 0.05) is 17.9 Å². The summed E-state index contributed by atoms with van der Waals surface area (Å²) in [5, 5.41) is 2.80. The van der Waals surface area contributed by atoms with Gasteiger partial charge in [-0.3, -0.25) is 0 Å². The second-order valence-corrected chi connectivity index (χ2v) is 7.45. The van der Waals surface area contributed by atoms with Crippen molar-refractivity contribution in [1.29, 1.82) is 0 Å².